The molecule has 0 amide bonds. The minimum absolute atomic E-state index is 0.0372. The summed E-state index contributed by atoms with van der Waals surface area (Å²) >= 11 is 0. The lowest BCUT2D eigenvalue weighted by atomic mass is 9.72. The van der Waals surface area contributed by atoms with Gasteiger partial charge >= 0.3 is 5.97 Å². The van der Waals surface area contributed by atoms with Gasteiger partial charge in [-0.25, -0.2) is 0 Å². The SMILES string of the molecule is CCOC(=O)C1C(C)=NC2=C(C(=O)CCC2)[C@H]1c1cccc(O)c1. The molecule has 0 aromatic heterocycles. The molecule has 0 spiro atoms. The molecule has 1 aromatic carbocycles. The molecule has 0 fully saturated rings. The van der Waals surface area contributed by atoms with Crippen LogP contribution in [0.3, 0.4) is 0 Å². The van der Waals surface area contributed by atoms with Crippen LogP contribution in [-0.2, 0) is 14.3 Å². The number of allylic oxidation sites excluding steroid dienone is 2. The molecular weight excluding hydrogens is 306 g/mol. The minimum atomic E-state index is -0.632. The Labute approximate surface area is 141 Å². The van der Waals surface area contributed by atoms with Crippen molar-refractivity contribution >= 4 is 17.5 Å². The van der Waals surface area contributed by atoms with Crippen LogP contribution in [0.1, 0.15) is 44.6 Å². The first-order valence-corrected chi connectivity index (χ1v) is 8.30. The highest BCUT2D eigenvalue weighted by molar-refractivity contribution is 6.08. The van der Waals surface area contributed by atoms with Crippen LogP contribution in [0.5, 0.6) is 5.75 Å². The van der Waals surface area contributed by atoms with Crippen LogP contribution in [0.25, 0.3) is 0 Å². The molecule has 1 aromatic rings. The van der Waals surface area contributed by atoms with Crippen molar-refractivity contribution < 1.29 is 19.4 Å². The number of benzene rings is 1. The first kappa shape index (κ1) is 16.4. The third-order valence-corrected chi connectivity index (χ3v) is 4.60. The Morgan fingerprint density at radius 1 is 1.38 bits per heavy atom. The normalized spacial score (nSPS) is 23.6. The number of aliphatic imine (C=N–C) groups is 1. The standard InChI is InChI=1S/C19H21NO4/c1-3-24-19(23)16-11(2)20-14-8-5-9-15(22)18(14)17(16)12-6-4-7-13(21)10-12/h4,6-7,10,16-17,21H,3,5,8-9H2,1-2H3/t16?,17-/m0/s1. The summed E-state index contributed by atoms with van der Waals surface area (Å²) in [5.74, 6) is -1.31. The van der Waals surface area contributed by atoms with Gasteiger partial charge in [-0.1, -0.05) is 12.1 Å². The second-order valence-corrected chi connectivity index (χ2v) is 6.19. The predicted octanol–water partition coefficient (Wildman–Crippen LogP) is 3.14. The first-order chi connectivity index (χ1) is 11.5. The largest absolute Gasteiger partial charge is 0.508 e. The van der Waals surface area contributed by atoms with E-state index < -0.39 is 11.8 Å². The number of phenolic OH excluding ortho intramolecular Hbond substituents is 1. The van der Waals surface area contributed by atoms with E-state index in [2.05, 4.69) is 4.99 Å². The van der Waals surface area contributed by atoms with Gasteiger partial charge in [-0.15, -0.1) is 0 Å². The molecule has 2 aliphatic rings. The number of hydrogen-bond acceptors (Lipinski definition) is 5. The van der Waals surface area contributed by atoms with E-state index in [0.29, 0.717) is 17.7 Å². The summed E-state index contributed by atoms with van der Waals surface area (Å²) in [5.41, 5.74) is 2.79. The maximum Gasteiger partial charge on any atom is 0.315 e. The second kappa shape index (κ2) is 6.59. The van der Waals surface area contributed by atoms with E-state index in [-0.39, 0.29) is 24.1 Å². The van der Waals surface area contributed by atoms with Gasteiger partial charge < -0.3 is 9.84 Å². The van der Waals surface area contributed by atoms with Gasteiger partial charge in [-0.2, -0.15) is 0 Å². The van der Waals surface area contributed by atoms with Crippen molar-refractivity contribution in [3.8, 4) is 5.75 Å². The molecule has 126 valence electrons. The van der Waals surface area contributed by atoms with Gasteiger partial charge in [0.2, 0.25) is 0 Å². The van der Waals surface area contributed by atoms with Crippen molar-refractivity contribution in [3.63, 3.8) is 0 Å². The lowest BCUT2D eigenvalue weighted by molar-refractivity contribution is -0.146. The van der Waals surface area contributed by atoms with Crippen LogP contribution in [0.4, 0.5) is 0 Å². The fraction of sp³-hybridized carbons (Fsp3) is 0.421. The predicted molar refractivity (Wildman–Crippen MR) is 90.0 cm³/mol. The molecule has 3 rings (SSSR count). The Morgan fingerprint density at radius 3 is 2.88 bits per heavy atom. The topological polar surface area (TPSA) is 76.0 Å². The Kier molecular flexibility index (Phi) is 4.51. The Bertz CT molecular complexity index is 747. The van der Waals surface area contributed by atoms with Crippen LogP contribution in [-0.4, -0.2) is 29.2 Å². The molecule has 5 heteroatoms. The molecule has 5 nitrogen and oxygen atoms in total. The van der Waals surface area contributed by atoms with Gasteiger partial charge in [0, 0.05) is 29.3 Å². The van der Waals surface area contributed by atoms with Crippen LogP contribution in [0.15, 0.2) is 40.5 Å². The summed E-state index contributed by atoms with van der Waals surface area (Å²) in [6.07, 6.45) is 1.99. The first-order valence-electron chi connectivity index (χ1n) is 8.30. The third-order valence-electron chi connectivity index (χ3n) is 4.60. The number of esters is 1. The zero-order valence-electron chi connectivity index (χ0n) is 13.9. The quantitative estimate of drug-likeness (QED) is 0.865. The number of nitrogens with zero attached hydrogens (tertiary/aromatic N) is 1. The highest BCUT2D eigenvalue weighted by Crippen LogP contribution is 2.44. The van der Waals surface area contributed by atoms with Crippen LogP contribution in [0, 0.1) is 5.92 Å². The molecule has 0 saturated carbocycles. The molecular formula is C19H21NO4. The number of Topliss-reactive ketones (excluding diaryl/α,β-unsaturated/α-hetero) is 1. The van der Waals surface area contributed by atoms with Gasteiger partial charge in [0.15, 0.2) is 5.78 Å². The van der Waals surface area contributed by atoms with Crippen LogP contribution >= 0.6 is 0 Å². The average Bonchev–Trinajstić information content (AvgIpc) is 2.54. The van der Waals surface area contributed by atoms with E-state index in [0.717, 1.165) is 24.1 Å². The molecule has 1 aliphatic heterocycles. The van der Waals surface area contributed by atoms with Crippen molar-refractivity contribution in [2.75, 3.05) is 6.61 Å². The molecule has 24 heavy (non-hydrogen) atoms. The van der Waals surface area contributed by atoms with Gasteiger partial charge in [-0.05, 0) is 44.4 Å². The molecule has 0 bridgehead atoms. The van der Waals surface area contributed by atoms with E-state index in [1.165, 1.54) is 0 Å². The zero-order valence-corrected chi connectivity index (χ0v) is 13.9. The lowest BCUT2D eigenvalue weighted by Crippen LogP contribution is -2.37. The van der Waals surface area contributed by atoms with E-state index in [1.807, 2.05) is 6.07 Å². The number of hydrogen-bond donors (Lipinski definition) is 1. The highest BCUT2D eigenvalue weighted by Gasteiger charge is 2.43. The summed E-state index contributed by atoms with van der Waals surface area (Å²) in [6, 6.07) is 6.75. The van der Waals surface area contributed by atoms with Crippen molar-refractivity contribution in [1.29, 1.82) is 0 Å². The fourth-order valence-electron chi connectivity index (χ4n) is 3.62. The molecule has 0 saturated heterocycles. The van der Waals surface area contributed by atoms with Crippen LogP contribution in [0.2, 0.25) is 0 Å². The third kappa shape index (κ3) is 2.86. The number of rotatable bonds is 3. The Hall–Kier alpha value is -2.43. The average molecular weight is 327 g/mol. The molecule has 1 aliphatic carbocycles. The number of carbonyl (C=O) groups excluding carboxylic acids is 2. The number of ketones is 1. The smallest absolute Gasteiger partial charge is 0.315 e. The molecule has 1 N–H and O–H groups in total. The van der Waals surface area contributed by atoms with Crippen LogP contribution < -0.4 is 0 Å². The van der Waals surface area contributed by atoms with Crippen molar-refractivity contribution in [2.24, 2.45) is 10.9 Å². The fourth-order valence-corrected chi connectivity index (χ4v) is 3.62. The Morgan fingerprint density at radius 2 is 2.17 bits per heavy atom. The minimum Gasteiger partial charge on any atom is -0.508 e. The summed E-state index contributed by atoms with van der Waals surface area (Å²) in [5, 5.41) is 9.85. The molecule has 2 atom stereocenters. The summed E-state index contributed by atoms with van der Waals surface area (Å²) < 4.78 is 5.23. The van der Waals surface area contributed by atoms with E-state index in [4.69, 9.17) is 4.74 Å². The maximum atomic E-state index is 12.6. The molecule has 1 heterocycles. The van der Waals surface area contributed by atoms with E-state index in [1.54, 1.807) is 32.0 Å². The molecule has 0 radical (unpaired) electrons. The Balaban J connectivity index is 2.15. The van der Waals surface area contributed by atoms with Crippen molar-refractivity contribution in [3.05, 3.63) is 41.1 Å². The summed E-state index contributed by atoms with van der Waals surface area (Å²) in [4.78, 5) is 29.7. The van der Waals surface area contributed by atoms with E-state index in [9.17, 15) is 14.7 Å². The second-order valence-electron chi connectivity index (χ2n) is 6.19. The van der Waals surface area contributed by atoms with E-state index >= 15 is 0 Å². The number of ether oxygens (including phenoxy) is 1. The summed E-state index contributed by atoms with van der Waals surface area (Å²) in [7, 11) is 0. The maximum absolute atomic E-state index is 12.6. The monoisotopic (exact) mass is 327 g/mol. The number of carbonyl (C=O) groups is 2. The zero-order chi connectivity index (χ0) is 17.3. The molecule has 1 unspecified atom stereocenters. The number of aromatic hydroxyl groups is 1. The van der Waals surface area contributed by atoms with Gasteiger partial charge in [0.1, 0.15) is 11.7 Å². The van der Waals surface area contributed by atoms with Crippen molar-refractivity contribution in [2.45, 2.75) is 39.0 Å². The highest BCUT2D eigenvalue weighted by atomic mass is 16.5. The van der Waals surface area contributed by atoms with Gasteiger partial charge in [0.25, 0.3) is 0 Å². The van der Waals surface area contributed by atoms with Gasteiger partial charge in [0.05, 0.1) is 6.61 Å². The van der Waals surface area contributed by atoms with Gasteiger partial charge in [-0.3, -0.25) is 14.6 Å². The summed E-state index contributed by atoms with van der Waals surface area (Å²) in [6.45, 7) is 3.84. The number of phenols is 1. The van der Waals surface area contributed by atoms with Crippen molar-refractivity contribution in [1.82, 2.24) is 0 Å². The lowest BCUT2D eigenvalue weighted by Gasteiger charge is -2.34.